The summed E-state index contributed by atoms with van der Waals surface area (Å²) in [7, 11) is 0. The molecule has 3 nitrogen and oxygen atoms in total. The summed E-state index contributed by atoms with van der Waals surface area (Å²) in [5.41, 5.74) is -0.442. The van der Waals surface area contributed by atoms with Gasteiger partial charge in [-0.25, -0.2) is 0 Å². The van der Waals surface area contributed by atoms with Gasteiger partial charge in [0, 0.05) is 12.8 Å². The molecule has 0 saturated carbocycles. The monoisotopic (exact) mass is 182 g/mol. The van der Waals surface area contributed by atoms with Gasteiger partial charge in [-0.15, -0.1) is 0 Å². The summed E-state index contributed by atoms with van der Waals surface area (Å²) in [6.07, 6.45) is 3.95. The lowest BCUT2D eigenvalue weighted by Gasteiger charge is -2.15. The Balaban J connectivity index is 2.67. The van der Waals surface area contributed by atoms with E-state index in [0.717, 1.165) is 12.8 Å². The number of hydrogen-bond donors (Lipinski definition) is 1. The van der Waals surface area contributed by atoms with Crippen LogP contribution in [0.2, 0.25) is 0 Å². The Morgan fingerprint density at radius 2 is 2.38 bits per heavy atom. The van der Waals surface area contributed by atoms with Crippen molar-refractivity contribution in [1.82, 2.24) is 5.32 Å². The van der Waals surface area contributed by atoms with Crippen molar-refractivity contribution in [1.29, 1.82) is 0 Å². The highest BCUT2D eigenvalue weighted by molar-refractivity contribution is 5.98. The first-order valence-corrected chi connectivity index (χ1v) is 4.89. The number of carbonyl (C=O) groups is 1. The van der Waals surface area contributed by atoms with Crippen LogP contribution in [0.4, 0.5) is 0 Å². The van der Waals surface area contributed by atoms with Gasteiger partial charge in [-0.3, -0.25) is 9.79 Å². The first kappa shape index (κ1) is 10.2. The molecule has 1 heterocycles. The molecule has 1 N–H and O–H groups in total. The molecule has 0 aromatic rings. The Bertz CT molecular complexity index is 221. The zero-order valence-corrected chi connectivity index (χ0v) is 8.63. The first-order chi connectivity index (χ1) is 6.06. The van der Waals surface area contributed by atoms with Crippen LogP contribution in [0.5, 0.6) is 0 Å². The Morgan fingerprint density at radius 1 is 1.69 bits per heavy atom. The molecule has 0 aromatic carbocycles. The zero-order valence-electron chi connectivity index (χ0n) is 8.63. The van der Waals surface area contributed by atoms with Gasteiger partial charge in [0.15, 0.2) is 0 Å². The van der Waals surface area contributed by atoms with Crippen LogP contribution < -0.4 is 5.32 Å². The van der Waals surface area contributed by atoms with Crippen LogP contribution in [-0.4, -0.2) is 24.7 Å². The Labute approximate surface area is 79.6 Å². The van der Waals surface area contributed by atoms with Crippen molar-refractivity contribution in [2.24, 2.45) is 10.4 Å². The van der Waals surface area contributed by atoms with Gasteiger partial charge >= 0.3 is 0 Å². The van der Waals surface area contributed by atoms with Gasteiger partial charge in [-0.05, 0) is 20.3 Å². The summed E-state index contributed by atoms with van der Waals surface area (Å²) >= 11 is 0. The van der Waals surface area contributed by atoms with Crippen LogP contribution in [0.25, 0.3) is 0 Å². The third-order valence-corrected chi connectivity index (χ3v) is 2.31. The lowest BCUT2D eigenvalue weighted by atomic mass is 9.94. The highest BCUT2D eigenvalue weighted by atomic mass is 16.2. The summed E-state index contributed by atoms with van der Waals surface area (Å²) in [5.74, 6) is 0.0786. The summed E-state index contributed by atoms with van der Waals surface area (Å²) in [6, 6.07) is 0.274. The number of amides is 1. The van der Waals surface area contributed by atoms with Crippen LogP contribution in [0.1, 0.15) is 33.6 Å². The molecule has 0 aliphatic carbocycles. The average Bonchev–Trinajstić information content (AvgIpc) is 2.19. The Morgan fingerprint density at radius 3 is 3.00 bits per heavy atom. The lowest BCUT2D eigenvalue weighted by Crippen LogP contribution is -2.38. The molecule has 1 aliphatic rings. The molecular weight excluding hydrogens is 164 g/mol. The second-order valence-electron chi connectivity index (χ2n) is 4.15. The van der Waals surface area contributed by atoms with E-state index in [1.165, 1.54) is 0 Å². The van der Waals surface area contributed by atoms with E-state index in [1.807, 2.05) is 13.8 Å². The van der Waals surface area contributed by atoms with E-state index >= 15 is 0 Å². The molecule has 13 heavy (non-hydrogen) atoms. The molecule has 0 fully saturated rings. The summed E-state index contributed by atoms with van der Waals surface area (Å²) in [6.45, 7) is 6.60. The molecule has 0 bridgehead atoms. The first-order valence-electron chi connectivity index (χ1n) is 4.89. The van der Waals surface area contributed by atoms with Crippen molar-refractivity contribution in [3.63, 3.8) is 0 Å². The van der Waals surface area contributed by atoms with Gasteiger partial charge < -0.3 is 5.32 Å². The minimum Gasteiger partial charge on any atom is -0.353 e. The molecule has 0 spiro atoms. The summed E-state index contributed by atoms with van der Waals surface area (Å²) in [4.78, 5) is 15.9. The number of aliphatic imine (C=N–C) groups is 1. The predicted molar refractivity (Wildman–Crippen MR) is 54.0 cm³/mol. The van der Waals surface area contributed by atoms with Crippen molar-refractivity contribution >= 4 is 12.1 Å². The van der Waals surface area contributed by atoms with Crippen molar-refractivity contribution < 1.29 is 4.79 Å². The fraction of sp³-hybridized carbons (Fsp3) is 0.800. The standard InChI is InChI=1S/C10H18N2O/c1-4-5-8-6-11-9(13)10(2,3)7-12-8/h7-8H,4-6H2,1-3H3,(H,11,13). The van der Waals surface area contributed by atoms with Crippen molar-refractivity contribution in [3.8, 4) is 0 Å². The molecule has 1 rings (SSSR count). The smallest absolute Gasteiger partial charge is 0.231 e. The number of nitrogens with zero attached hydrogens (tertiary/aromatic N) is 1. The van der Waals surface area contributed by atoms with E-state index in [2.05, 4.69) is 17.2 Å². The molecule has 3 heteroatoms. The molecule has 74 valence electrons. The molecule has 0 saturated heterocycles. The van der Waals surface area contributed by atoms with Gasteiger partial charge in [-0.2, -0.15) is 0 Å². The molecule has 0 aromatic heterocycles. The van der Waals surface area contributed by atoms with E-state index in [-0.39, 0.29) is 11.9 Å². The largest absolute Gasteiger partial charge is 0.353 e. The SMILES string of the molecule is CCCC1CNC(=O)C(C)(C)C=N1. The van der Waals surface area contributed by atoms with E-state index in [9.17, 15) is 4.79 Å². The second kappa shape index (κ2) is 3.90. The Kier molecular flexibility index (Phi) is 3.07. The maximum absolute atomic E-state index is 11.5. The number of carbonyl (C=O) groups excluding carboxylic acids is 1. The molecular formula is C10H18N2O. The van der Waals surface area contributed by atoms with Gasteiger partial charge in [0.05, 0.1) is 11.5 Å². The van der Waals surface area contributed by atoms with Crippen molar-refractivity contribution in [2.75, 3.05) is 6.54 Å². The molecule has 0 radical (unpaired) electrons. The fourth-order valence-corrected chi connectivity index (χ4v) is 1.35. The van der Waals surface area contributed by atoms with Crippen LogP contribution in [0.15, 0.2) is 4.99 Å². The van der Waals surface area contributed by atoms with Crippen molar-refractivity contribution in [3.05, 3.63) is 0 Å². The van der Waals surface area contributed by atoms with Crippen LogP contribution in [0, 0.1) is 5.41 Å². The van der Waals surface area contributed by atoms with E-state index in [1.54, 1.807) is 6.21 Å². The van der Waals surface area contributed by atoms with Crippen molar-refractivity contribution in [2.45, 2.75) is 39.7 Å². The molecule has 1 atom stereocenters. The Hall–Kier alpha value is -0.860. The average molecular weight is 182 g/mol. The van der Waals surface area contributed by atoms with E-state index in [4.69, 9.17) is 0 Å². The molecule has 1 amide bonds. The third-order valence-electron chi connectivity index (χ3n) is 2.31. The van der Waals surface area contributed by atoms with Gasteiger partial charge in [0.1, 0.15) is 0 Å². The lowest BCUT2D eigenvalue weighted by molar-refractivity contribution is -0.125. The van der Waals surface area contributed by atoms with Crippen LogP contribution in [0.3, 0.4) is 0 Å². The second-order valence-corrected chi connectivity index (χ2v) is 4.15. The summed E-state index contributed by atoms with van der Waals surface area (Å²) in [5, 5.41) is 2.91. The highest BCUT2D eigenvalue weighted by Crippen LogP contribution is 2.16. The fourth-order valence-electron chi connectivity index (χ4n) is 1.35. The van der Waals surface area contributed by atoms with E-state index in [0.29, 0.717) is 6.54 Å². The maximum atomic E-state index is 11.5. The van der Waals surface area contributed by atoms with Gasteiger partial charge in [0.25, 0.3) is 0 Å². The van der Waals surface area contributed by atoms with Gasteiger partial charge in [0.2, 0.25) is 5.91 Å². The molecule has 1 aliphatic heterocycles. The number of nitrogens with one attached hydrogen (secondary N) is 1. The number of hydrogen-bond acceptors (Lipinski definition) is 2. The summed E-state index contributed by atoms with van der Waals surface area (Å²) < 4.78 is 0. The predicted octanol–water partition coefficient (Wildman–Crippen LogP) is 1.38. The normalized spacial score (nSPS) is 26.7. The molecule has 1 unspecified atom stereocenters. The van der Waals surface area contributed by atoms with Crippen LogP contribution >= 0.6 is 0 Å². The topological polar surface area (TPSA) is 41.5 Å². The maximum Gasteiger partial charge on any atom is 0.231 e. The highest BCUT2D eigenvalue weighted by Gasteiger charge is 2.28. The zero-order chi connectivity index (χ0) is 9.90. The van der Waals surface area contributed by atoms with Crippen LogP contribution in [-0.2, 0) is 4.79 Å². The minimum absolute atomic E-state index is 0.0786. The third kappa shape index (κ3) is 2.54. The van der Waals surface area contributed by atoms with Gasteiger partial charge in [-0.1, -0.05) is 13.3 Å². The quantitative estimate of drug-likeness (QED) is 0.688. The minimum atomic E-state index is -0.442. The number of rotatable bonds is 2. The van der Waals surface area contributed by atoms with E-state index < -0.39 is 5.41 Å².